The van der Waals surface area contributed by atoms with Crippen LogP contribution < -0.4 is 5.32 Å². The van der Waals surface area contributed by atoms with E-state index in [9.17, 15) is 14.0 Å². The van der Waals surface area contributed by atoms with Gasteiger partial charge in [0.05, 0.1) is 5.75 Å². The van der Waals surface area contributed by atoms with E-state index in [-0.39, 0.29) is 36.0 Å². The van der Waals surface area contributed by atoms with E-state index in [0.717, 1.165) is 17.7 Å². The first-order valence-electron chi connectivity index (χ1n) is 10.7. The lowest BCUT2D eigenvalue weighted by atomic mass is 10.1. The van der Waals surface area contributed by atoms with Crippen molar-refractivity contribution in [3.63, 3.8) is 0 Å². The van der Waals surface area contributed by atoms with Gasteiger partial charge in [-0.15, -0.1) is 11.8 Å². The molecular weight excluding hydrogens is 411 g/mol. The molecule has 2 atom stereocenters. The van der Waals surface area contributed by atoms with E-state index in [1.807, 2.05) is 13.8 Å². The lowest BCUT2D eigenvalue weighted by molar-refractivity contribution is -0.138. The third-order valence-corrected chi connectivity index (χ3v) is 6.20. The van der Waals surface area contributed by atoms with E-state index in [0.29, 0.717) is 0 Å². The van der Waals surface area contributed by atoms with Crippen LogP contribution in [0.4, 0.5) is 4.39 Å². The standard InChI is InChI=1S/C25H33FN2O2S/c1-6-19(4)27-25(30)20(5)28(14-21-7-9-23(26)10-8-21)24(29)16-31-15-22-12-17(2)11-18(3)13-22/h7-13,19-20H,6,14-16H2,1-5H3,(H,27,30)/t19-,20-/m0/s1. The number of hydrogen-bond donors (Lipinski definition) is 1. The molecule has 0 radical (unpaired) electrons. The first kappa shape index (κ1) is 24.9. The van der Waals surface area contributed by atoms with Crippen LogP contribution in [-0.2, 0) is 21.9 Å². The molecule has 0 aliphatic carbocycles. The zero-order valence-corrected chi connectivity index (χ0v) is 19.9. The number of thioether (sulfide) groups is 1. The van der Waals surface area contributed by atoms with Gasteiger partial charge in [0.1, 0.15) is 11.9 Å². The highest BCUT2D eigenvalue weighted by molar-refractivity contribution is 7.99. The fraction of sp³-hybridized carbons (Fsp3) is 0.440. The van der Waals surface area contributed by atoms with Crippen molar-refractivity contribution in [1.82, 2.24) is 10.2 Å². The number of amides is 2. The molecule has 0 aliphatic rings. The first-order valence-corrected chi connectivity index (χ1v) is 11.8. The smallest absolute Gasteiger partial charge is 0.242 e. The lowest BCUT2D eigenvalue weighted by Gasteiger charge is -2.29. The summed E-state index contributed by atoms with van der Waals surface area (Å²) in [6, 6.07) is 11.8. The van der Waals surface area contributed by atoms with Crippen molar-refractivity contribution in [2.45, 2.75) is 65.4 Å². The van der Waals surface area contributed by atoms with Gasteiger partial charge in [0.2, 0.25) is 11.8 Å². The number of benzene rings is 2. The Kier molecular flexibility index (Phi) is 9.56. The Morgan fingerprint density at radius 3 is 2.23 bits per heavy atom. The van der Waals surface area contributed by atoms with Crippen LogP contribution in [0.25, 0.3) is 0 Å². The summed E-state index contributed by atoms with van der Waals surface area (Å²) in [7, 11) is 0. The van der Waals surface area contributed by atoms with Gasteiger partial charge in [-0.25, -0.2) is 4.39 Å². The number of nitrogens with one attached hydrogen (secondary N) is 1. The van der Waals surface area contributed by atoms with Crippen LogP contribution in [0.5, 0.6) is 0 Å². The summed E-state index contributed by atoms with van der Waals surface area (Å²) in [6.45, 7) is 10.1. The molecule has 0 aliphatic heterocycles. The molecule has 0 heterocycles. The second-order valence-corrected chi connectivity index (χ2v) is 9.12. The molecule has 6 heteroatoms. The molecule has 0 bridgehead atoms. The number of hydrogen-bond acceptors (Lipinski definition) is 3. The van der Waals surface area contributed by atoms with Gasteiger partial charge in [-0.1, -0.05) is 48.4 Å². The van der Waals surface area contributed by atoms with E-state index < -0.39 is 6.04 Å². The topological polar surface area (TPSA) is 49.4 Å². The van der Waals surface area contributed by atoms with Gasteiger partial charge >= 0.3 is 0 Å². The van der Waals surface area contributed by atoms with Crippen LogP contribution >= 0.6 is 11.8 Å². The largest absolute Gasteiger partial charge is 0.352 e. The maximum Gasteiger partial charge on any atom is 0.242 e. The van der Waals surface area contributed by atoms with Gasteiger partial charge in [-0.3, -0.25) is 9.59 Å². The van der Waals surface area contributed by atoms with Crippen LogP contribution in [0.1, 0.15) is 49.4 Å². The molecule has 1 N–H and O–H groups in total. The molecule has 0 fully saturated rings. The Morgan fingerprint density at radius 2 is 1.65 bits per heavy atom. The average molecular weight is 445 g/mol. The first-order chi connectivity index (χ1) is 14.7. The number of carbonyl (C=O) groups is 2. The zero-order valence-electron chi connectivity index (χ0n) is 19.1. The second-order valence-electron chi connectivity index (χ2n) is 8.13. The summed E-state index contributed by atoms with van der Waals surface area (Å²) < 4.78 is 13.3. The van der Waals surface area contributed by atoms with Crippen molar-refractivity contribution in [3.8, 4) is 0 Å². The van der Waals surface area contributed by atoms with E-state index in [2.05, 4.69) is 37.4 Å². The van der Waals surface area contributed by atoms with Crippen molar-refractivity contribution in [2.24, 2.45) is 0 Å². The molecule has 0 aromatic heterocycles. The highest BCUT2D eigenvalue weighted by Crippen LogP contribution is 2.18. The quantitative estimate of drug-likeness (QED) is 0.561. The van der Waals surface area contributed by atoms with Crippen LogP contribution in [0.15, 0.2) is 42.5 Å². The number of nitrogens with zero attached hydrogens (tertiary/aromatic N) is 1. The highest BCUT2D eigenvalue weighted by atomic mass is 32.2. The van der Waals surface area contributed by atoms with Crippen molar-refractivity contribution >= 4 is 23.6 Å². The van der Waals surface area contributed by atoms with Gasteiger partial charge < -0.3 is 10.2 Å². The molecule has 4 nitrogen and oxygen atoms in total. The Hall–Kier alpha value is -2.34. The fourth-order valence-electron chi connectivity index (χ4n) is 3.33. The van der Waals surface area contributed by atoms with E-state index in [1.54, 1.807) is 24.0 Å². The average Bonchev–Trinajstić information content (AvgIpc) is 2.71. The highest BCUT2D eigenvalue weighted by Gasteiger charge is 2.26. The molecule has 0 saturated heterocycles. The number of carbonyl (C=O) groups excluding carboxylic acids is 2. The number of rotatable bonds is 10. The summed E-state index contributed by atoms with van der Waals surface area (Å²) in [6.07, 6.45) is 0.816. The van der Waals surface area contributed by atoms with E-state index in [4.69, 9.17) is 0 Å². The minimum atomic E-state index is -0.617. The zero-order chi connectivity index (χ0) is 23.0. The molecule has 168 valence electrons. The molecule has 2 rings (SSSR count). The van der Waals surface area contributed by atoms with Crippen LogP contribution in [0, 0.1) is 19.7 Å². The Bertz CT molecular complexity index is 865. The van der Waals surface area contributed by atoms with Gasteiger partial charge in [0.25, 0.3) is 0 Å². The lowest BCUT2D eigenvalue weighted by Crippen LogP contribution is -2.50. The molecular formula is C25H33FN2O2S. The SMILES string of the molecule is CC[C@H](C)NC(=O)[C@H](C)N(Cc1ccc(F)cc1)C(=O)CSCc1cc(C)cc(C)c1. The summed E-state index contributed by atoms with van der Waals surface area (Å²) in [5.41, 5.74) is 4.38. The molecule has 0 saturated carbocycles. The maximum absolute atomic E-state index is 13.3. The van der Waals surface area contributed by atoms with Gasteiger partial charge in [0.15, 0.2) is 0 Å². The van der Waals surface area contributed by atoms with E-state index >= 15 is 0 Å². The predicted octanol–water partition coefficient (Wildman–Crippen LogP) is 5.01. The number of halogens is 1. The summed E-state index contributed by atoms with van der Waals surface area (Å²) >= 11 is 1.54. The Labute approximate surface area is 189 Å². The molecule has 2 aromatic rings. The monoisotopic (exact) mass is 444 g/mol. The van der Waals surface area contributed by atoms with Crippen molar-refractivity contribution in [1.29, 1.82) is 0 Å². The number of aryl methyl sites for hydroxylation is 2. The Balaban J connectivity index is 2.08. The minimum absolute atomic E-state index is 0.0386. The Morgan fingerprint density at radius 1 is 1.03 bits per heavy atom. The molecule has 31 heavy (non-hydrogen) atoms. The summed E-state index contributed by atoms with van der Waals surface area (Å²) in [5.74, 6) is 0.393. The van der Waals surface area contributed by atoms with Crippen molar-refractivity contribution in [2.75, 3.05) is 5.75 Å². The van der Waals surface area contributed by atoms with Gasteiger partial charge in [-0.05, 0) is 57.4 Å². The molecule has 0 unspecified atom stereocenters. The van der Waals surface area contributed by atoms with Crippen molar-refractivity contribution in [3.05, 3.63) is 70.5 Å². The molecule has 2 amide bonds. The van der Waals surface area contributed by atoms with Crippen LogP contribution in [0.3, 0.4) is 0 Å². The third kappa shape index (κ3) is 8.02. The normalized spacial score (nSPS) is 12.8. The fourth-order valence-corrected chi connectivity index (χ4v) is 4.17. The van der Waals surface area contributed by atoms with Crippen LogP contribution in [-0.4, -0.2) is 34.6 Å². The van der Waals surface area contributed by atoms with Crippen molar-refractivity contribution < 1.29 is 14.0 Å². The summed E-state index contributed by atoms with van der Waals surface area (Å²) in [4.78, 5) is 27.4. The third-order valence-electron chi connectivity index (χ3n) is 5.21. The van der Waals surface area contributed by atoms with E-state index in [1.165, 1.54) is 40.6 Å². The predicted molar refractivity (Wildman–Crippen MR) is 126 cm³/mol. The second kappa shape index (κ2) is 11.9. The molecule has 0 spiro atoms. The summed E-state index contributed by atoms with van der Waals surface area (Å²) in [5, 5.41) is 2.95. The van der Waals surface area contributed by atoms with Crippen LogP contribution in [0.2, 0.25) is 0 Å². The van der Waals surface area contributed by atoms with Gasteiger partial charge in [-0.2, -0.15) is 0 Å². The molecule has 2 aromatic carbocycles. The minimum Gasteiger partial charge on any atom is -0.352 e. The maximum atomic E-state index is 13.3. The van der Waals surface area contributed by atoms with Gasteiger partial charge in [0, 0.05) is 18.3 Å².